The molecular weight excluding hydrogens is 228 g/mol. The van der Waals surface area contributed by atoms with Gasteiger partial charge in [0.05, 0.1) is 5.69 Å². The molecule has 0 spiro atoms. The Bertz CT molecular complexity index is 497. The minimum absolute atomic E-state index is 0.505. The van der Waals surface area contributed by atoms with Crippen LogP contribution in [0.3, 0.4) is 0 Å². The highest BCUT2D eigenvalue weighted by Gasteiger charge is 2.02. The molecule has 3 heteroatoms. The second-order valence-electron chi connectivity index (χ2n) is 3.92. The van der Waals surface area contributed by atoms with E-state index < -0.39 is 0 Å². The zero-order valence-corrected chi connectivity index (χ0v) is 10.7. The van der Waals surface area contributed by atoms with Crippen LogP contribution < -0.4 is 5.73 Å². The molecule has 0 radical (unpaired) electrons. The molecular formula is C14H16N2S. The maximum Gasteiger partial charge on any atom is 0.0579 e. The quantitative estimate of drug-likeness (QED) is 0.840. The van der Waals surface area contributed by atoms with Crippen LogP contribution in [0.15, 0.2) is 47.5 Å². The van der Waals surface area contributed by atoms with Gasteiger partial charge in [0, 0.05) is 23.4 Å². The van der Waals surface area contributed by atoms with Crippen molar-refractivity contribution in [3.05, 3.63) is 59.4 Å². The van der Waals surface area contributed by atoms with Gasteiger partial charge >= 0.3 is 0 Å². The van der Waals surface area contributed by atoms with Crippen LogP contribution in [-0.4, -0.2) is 4.98 Å². The van der Waals surface area contributed by atoms with Crippen molar-refractivity contribution in [2.24, 2.45) is 5.73 Å². The number of aryl methyl sites for hydroxylation is 1. The van der Waals surface area contributed by atoms with Crippen molar-refractivity contribution in [1.82, 2.24) is 4.98 Å². The van der Waals surface area contributed by atoms with E-state index in [1.165, 1.54) is 16.0 Å². The van der Waals surface area contributed by atoms with E-state index >= 15 is 0 Å². The summed E-state index contributed by atoms with van der Waals surface area (Å²) < 4.78 is 0. The molecule has 0 aliphatic carbocycles. The average molecular weight is 244 g/mol. The molecule has 0 fully saturated rings. The Balaban J connectivity index is 2.07. The fourth-order valence-electron chi connectivity index (χ4n) is 1.65. The van der Waals surface area contributed by atoms with Crippen LogP contribution in [0.1, 0.15) is 16.8 Å². The van der Waals surface area contributed by atoms with Crippen molar-refractivity contribution in [3.63, 3.8) is 0 Å². The number of hydrogen-bond donors (Lipinski definition) is 1. The van der Waals surface area contributed by atoms with Crippen molar-refractivity contribution in [1.29, 1.82) is 0 Å². The van der Waals surface area contributed by atoms with Crippen molar-refractivity contribution in [2.45, 2.75) is 24.1 Å². The van der Waals surface area contributed by atoms with Crippen LogP contribution in [0.4, 0.5) is 0 Å². The lowest BCUT2D eigenvalue weighted by atomic mass is 10.2. The molecule has 2 rings (SSSR count). The van der Waals surface area contributed by atoms with Gasteiger partial charge in [-0.25, -0.2) is 0 Å². The third-order valence-electron chi connectivity index (χ3n) is 2.56. The molecule has 88 valence electrons. The average Bonchev–Trinajstić information content (AvgIpc) is 2.37. The van der Waals surface area contributed by atoms with Gasteiger partial charge in [-0.15, -0.1) is 11.8 Å². The second kappa shape index (κ2) is 5.84. The summed E-state index contributed by atoms with van der Waals surface area (Å²) in [4.78, 5) is 5.58. The highest BCUT2D eigenvalue weighted by molar-refractivity contribution is 7.98. The summed E-state index contributed by atoms with van der Waals surface area (Å²) >= 11 is 1.82. The molecule has 2 nitrogen and oxygen atoms in total. The number of nitrogens with zero attached hydrogens (tertiary/aromatic N) is 1. The Labute approximate surface area is 106 Å². The number of thioether (sulfide) groups is 1. The first kappa shape index (κ1) is 12.1. The summed E-state index contributed by atoms with van der Waals surface area (Å²) in [5.41, 5.74) is 9.18. The van der Waals surface area contributed by atoms with Crippen LogP contribution >= 0.6 is 11.8 Å². The molecule has 1 heterocycles. The summed E-state index contributed by atoms with van der Waals surface area (Å²) in [7, 11) is 0. The molecule has 1 aromatic heterocycles. The topological polar surface area (TPSA) is 38.9 Å². The molecule has 0 bridgehead atoms. The molecule has 0 unspecified atom stereocenters. The lowest BCUT2D eigenvalue weighted by molar-refractivity contribution is 0.964. The smallest absolute Gasteiger partial charge is 0.0579 e. The van der Waals surface area contributed by atoms with Gasteiger partial charge in [0.2, 0.25) is 0 Å². The van der Waals surface area contributed by atoms with E-state index in [1.54, 1.807) is 6.20 Å². The van der Waals surface area contributed by atoms with E-state index in [-0.39, 0.29) is 0 Å². The predicted molar refractivity (Wildman–Crippen MR) is 72.9 cm³/mol. The fourth-order valence-corrected chi connectivity index (χ4v) is 2.68. The Morgan fingerprint density at radius 1 is 1.24 bits per heavy atom. The minimum Gasteiger partial charge on any atom is -0.325 e. The van der Waals surface area contributed by atoms with Crippen LogP contribution in [-0.2, 0) is 12.3 Å². The van der Waals surface area contributed by atoms with Gasteiger partial charge in [0.25, 0.3) is 0 Å². The molecule has 17 heavy (non-hydrogen) atoms. The van der Waals surface area contributed by atoms with Crippen LogP contribution in [0.5, 0.6) is 0 Å². The Morgan fingerprint density at radius 2 is 2.12 bits per heavy atom. The van der Waals surface area contributed by atoms with Crippen LogP contribution in [0.2, 0.25) is 0 Å². The predicted octanol–water partition coefficient (Wildman–Crippen LogP) is 3.14. The maximum absolute atomic E-state index is 5.67. The van der Waals surface area contributed by atoms with Gasteiger partial charge < -0.3 is 5.73 Å². The summed E-state index contributed by atoms with van der Waals surface area (Å²) in [6, 6.07) is 12.6. The number of hydrogen-bond acceptors (Lipinski definition) is 3. The molecule has 0 saturated heterocycles. The number of pyridine rings is 1. The number of benzene rings is 1. The zero-order valence-electron chi connectivity index (χ0n) is 9.89. The molecule has 0 saturated carbocycles. The van der Waals surface area contributed by atoms with Crippen molar-refractivity contribution in [2.75, 3.05) is 0 Å². The zero-order chi connectivity index (χ0) is 12.1. The van der Waals surface area contributed by atoms with Crippen molar-refractivity contribution >= 4 is 11.8 Å². The van der Waals surface area contributed by atoms with E-state index in [1.807, 2.05) is 17.8 Å². The monoisotopic (exact) mass is 244 g/mol. The van der Waals surface area contributed by atoms with E-state index in [0.717, 1.165) is 11.4 Å². The first-order valence-electron chi connectivity index (χ1n) is 5.62. The maximum atomic E-state index is 5.67. The minimum atomic E-state index is 0.505. The van der Waals surface area contributed by atoms with E-state index in [2.05, 4.69) is 42.2 Å². The van der Waals surface area contributed by atoms with Gasteiger partial charge in [0.15, 0.2) is 0 Å². The lowest BCUT2D eigenvalue weighted by Crippen LogP contribution is -2.03. The number of nitrogens with two attached hydrogens (primary N) is 1. The molecule has 2 aromatic rings. The molecule has 0 atom stereocenters. The van der Waals surface area contributed by atoms with Crippen molar-refractivity contribution in [3.8, 4) is 0 Å². The molecule has 0 aliphatic rings. The standard InChI is InChI=1S/C14H16N2S/c1-11-4-2-6-13(8-11)17-10-12-5-3-7-16-14(12)9-15/h2-8H,9-10,15H2,1H3. The molecule has 2 N–H and O–H groups in total. The van der Waals surface area contributed by atoms with Gasteiger partial charge in [-0.1, -0.05) is 23.8 Å². The Hall–Kier alpha value is -1.32. The molecule has 1 aromatic carbocycles. The number of aromatic nitrogens is 1. The lowest BCUT2D eigenvalue weighted by Gasteiger charge is -2.06. The van der Waals surface area contributed by atoms with E-state index in [0.29, 0.717) is 6.54 Å². The Morgan fingerprint density at radius 3 is 2.88 bits per heavy atom. The first-order valence-corrected chi connectivity index (χ1v) is 6.60. The molecule has 0 amide bonds. The summed E-state index contributed by atoms with van der Waals surface area (Å²) in [5.74, 6) is 0.920. The van der Waals surface area contributed by atoms with Gasteiger partial charge in [-0.05, 0) is 30.7 Å². The van der Waals surface area contributed by atoms with Gasteiger partial charge in [0.1, 0.15) is 0 Å². The van der Waals surface area contributed by atoms with E-state index in [4.69, 9.17) is 5.73 Å². The summed E-state index contributed by atoms with van der Waals surface area (Å²) in [6.07, 6.45) is 1.79. The largest absolute Gasteiger partial charge is 0.325 e. The van der Waals surface area contributed by atoms with E-state index in [9.17, 15) is 0 Å². The third kappa shape index (κ3) is 3.32. The normalized spacial score (nSPS) is 10.5. The highest BCUT2D eigenvalue weighted by atomic mass is 32.2. The third-order valence-corrected chi connectivity index (χ3v) is 3.60. The summed E-state index contributed by atoms with van der Waals surface area (Å²) in [6.45, 7) is 2.62. The second-order valence-corrected chi connectivity index (χ2v) is 4.97. The SMILES string of the molecule is Cc1cccc(SCc2cccnc2CN)c1. The number of rotatable bonds is 4. The molecule has 0 aliphatic heterocycles. The highest BCUT2D eigenvalue weighted by Crippen LogP contribution is 2.24. The fraction of sp³-hybridized carbons (Fsp3) is 0.214. The van der Waals surface area contributed by atoms with Gasteiger partial charge in [-0.3, -0.25) is 4.98 Å². The van der Waals surface area contributed by atoms with Gasteiger partial charge in [-0.2, -0.15) is 0 Å². The Kier molecular flexibility index (Phi) is 4.18. The van der Waals surface area contributed by atoms with Crippen molar-refractivity contribution < 1.29 is 0 Å². The van der Waals surface area contributed by atoms with Crippen LogP contribution in [0.25, 0.3) is 0 Å². The first-order chi connectivity index (χ1) is 8.29. The summed E-state index contributed by atoms with van der Waals surface area (Å²) in [5, 5.41) is 0. The van der Waals surface area contributed by atoms with Crippen LogP contribution in [0, 0.1) is 6.92 Å².